The van der Waals surface area contributed by atoms with Crippen molar-refractivity contribution >= 4 is 28.9 Å². The van der Waals surface area contributed by atoms with E-state index < -0.39 is 4.92 Å². The average molecular weight is 337 g/mol. The van der Waals surface area contributed by atoms with Gasteiger partial charge >= 0.3 is 0 Å². The number of thiocarbonyl (C=S) groups is 1. The molecule has 1 aliphatic rings. The molecule has 23 heavy (non-hydrogen) atoms. The minimum absolute atomic E-state index is 0.0281. The van der Waals surface area contributed by atoms with Gasteiger partial charge in [0.1, 0.15) is 5.75 Å². The van der Waals surface area contributed by atoms with Gasteiger partial charge in [-0.05, 0) is 37.2 Å². The normalized spacial score (nSPS) is 14.8. The van der Waals surface area contributed by atoms with Crippen molar-refractivity contribution < 1.29 is 14.5 Å². The summed E-state index contributed by atoms with van der Waals surface area (Å²) in [6.45, 7) is -0.204. The smallest absolute Gasteiger partial charge is 0.269 e. The maximum atomic E-state index is 11.8. The largest absolute Gasteiger partial charge is 0.484 e. The minimum Gasteiger partial charge on any atom is -0.484 e. The van der Waals surface area contributed by atoms with E-state index in [0.29, 0.717) is 16.9 Å². The van der Waals surface area contributed by atoms with Gasteiger partial charge in [-0.15, -0.1) is 0 Å². The van der Waals surface area contributed by atoms with Gasteiger partial charge in [0.2, 0.25) is 0 Å². The predicted molar refractivity (Wildman–Crippen MR) is 89.3 cm³/mol. The number of benzene rings is 1. The standard InChI is InChI=1S/C15H19N3O4S/c19-14(17-15(23)16-11-4-2-1-3-5-11)10-22-13-8-6-12(7-9-13)18(20)21/h6-9,11H,1-5,10H2,(H2,16,17,19,23). The van der Waals surface area contributed by atoms with Crippen molar-refractivity contribution in [3.8, 4) is 5.75 Å². The topological polar surface area (TPSA) is 93.5 Å². The van der Waals surface area contributed by atoms with Crippen LogP contribution in [0.3, 0.4) is 0 Å². The van der Waals surface area contributed by atoms with Gasteiger partial charge in [0.25, 0.3) is 11.6 Å². The van der Waals surface area contributed by atoms with Crippen LogP contribution in [-0.4, -0.2) is 28.6 Å². The summed E-state index contributed by atoms with van der Waals surface area (Å²) in [5.41, 5.74) is -0.0281. The fourth-order valence-electron chi connectivity index (χ4n) is 2.44. The fourth-order valence-corrected chi connectivity index (χ4v) is 2.72. The number of carbonyl (C=O) groups is 1. The Morgan fingerprint density at radius 1 is 1.26 bits per heavy atom. The number of carbonyl (C=O) groups excluding carboxylic acids is 1. The second-order valence-corrected chi connectivity index (χ2v) is 5.80. The number of non-ortho nitro benzene ring substituents is 1. The maximum Gasteiger partial charge on any atom is 0.269 e. The van der Waals surface area contributed by atoms with Crippen molar-refractivity contribution in [3.05, 3.63) is 34.4 Å². The number of nitrogens with zero attached hydrogens (tertiary/aromatic N) is 1. The van der Waals surface area contributed by atoms with Gasteiger partial charge in [0, 0.05) is 18.2 Å². The van der Waals surface area contributed by atoms with Crippen LogP contribution in [0.2, 0.25) is 0 Å². The van der Waals surface area contributed by atoms with Crippen LogP contribution in [0.15, 0.2) is 24.3 Å². The Bertz CT molecular complexity index is 571. The Labute approximate surface area is 139 Å². The molecular weight excluding hydrogens is 318 g/mol. The quantitative estimate of drug-likeness (QED) is 0.486. The van der Waals surface area contributed by atoms with Crippen molar-refractivity contribution in [2.24, 2.45) is 0 Å². The fraction of sp³-hybridized carbons (Fsp3) is 0.467. The summed E-state index contributed by atoms with van der Waals surface area (Å²) >= 11 is 5.11. The number of hydrogen-bond donors (Lipinski definition) is 2. The molecule has 0 saturated heterocycles. The van der Waals surface area contributed by atoms with Crippen LogP contribution in [0.25, 0.3) is 0 Å². The average Bonchev–Trinajstić information content (AvgIpc) is 2.54. The van der Waals surface area contributed by atoms with E-state index >= 15 is 0 Å². The van der Waals surface area contributed by atoms with Crippen molar-refractivity contribution in [1.82, 2.24) is 10.6 Å². The van der Waals surface area contributed by atoms with E-state index in [9.17, 15) is 14.9 Å². The first-order valence-corrected chi connectivity index (χ1v) is 7.93. The summed E-state index contributed by atoms with van der Waals surface area (Å²) < 4.78 is 5.27. The molecule has 1 aromatic rings. The number of hydrogen-bond acceptors (Lipinski definition) is 5. The number of nitrogens with one attached hydrogen (secondary N) is 2. The Balaban J connectivity index is 1.71. The highest BCUT2D eigenvalue weighted by Gasteiger charge is 2.15. The highest BCUT2D eigenvalue weighted by molar-refractivity contribution is 7.80. The van der Waals surface area contributed by atoms with Crippen molar-refractivity contribution in [2.75, 3.05) is 6.61 Å². The molecule has 0 unspecified atom stereocenters. The van der Waals surface area contributed by atoms with Crippen molar-refractivity contribution in [2.45, 2.75) is 38.1 Å². The molecule has 0 radical (unpaired) electrons. The van der Waals surface area contributed by atoms with E-state index in [-0.39, 0.29) is 18.2 Å². The van der Waals surface area contributed by atoms with Gasteiger partial charge in [0.15, 0.2) is 11.7 Å². The lowest BCUT2D eigenvalue weighted by atomic mass is 9.96. The molecule has 0 spiro atoms. The number of ether oxygens (including phenoxy) is 1. The van der Waals surface area contributed by atoms with E-state index in [4.69, 9.17) is 17.0 Å². The van der Waals surface area contributed by atoms with Crippen LogP contribution in [0.1, 0.15) is 32.1 Å². The third kappa shape index (κ3) is 5.82. The zero-order valence-corrected chi connectivity index (χ0v) is 13.4. The third-order valence-electron chi connectivity index (χ3n) is 3.61. The highest BCUT2D eigenvalue weighted by Crippen LogP contribution is 2.18. The Kier molecular flexibility index (Phi) is 6.28. The molecule has 1 aromatic carbocycles. The van der Waals surface area contributed by atoms with Crippen LogP contribution in [0.5, 0.6) is 5.75 Å². The maximum absolute atomic E-state index is 11.8. The molecule has 0 atom stereocenters. The first-order chi connectivity index (χ1) is 11.0. The van der Waals surface area contributed by atoms with Crippen LogP contribution in [0, 0.1) is 10.1 Å². The SMILES string of the molecule is O=C(COc1ccc([N+](=O)[O-])cc1)NC(=S)NC1CCCCC1. The second-order valence-electron chi connectivity index (χ2n) is 5.40. The Hall–Kier alpha value is -2.22. The van der Waals surface area contributed by atoms with Gasteiger partial charge in [-0.25, -0.2) is 0 Å². The molecule has 2 N–H and O–H groups in total. The zero-order chi connectivity index (χ0) is 16.7. The van der Waals surface area contributed by atoms with Crippen molar-refractivity contribution in [3.63, 3.8) is 0 Å². The van der Waals surface area contributed by atoms with Gasteiger partial charge in [-0.1, -0.05) is 19.3 Å². The van der Waals surface area contributed by atoms with E-state index in [0.717, 1.165) is 12.8 Å². The molecule has 8 heteroatoms. The van der Waals surface area contributed by atoms with Crippen LogP contribution in [0.4, 0.5) is 5.69 Å². The predicted octanol–water partition coefficient (Wildman–Crippen LogP) is 2.30. The molecular formula is C15H19N3O4S. The van der Waals surface area contributed by atoms with Crippen LogP contribution < -0.4 is 15.4 Å². The molecule has 1 amide bonds. The van der Waals surface area contributed by atoms with Gasteiger partial charge in [-0.2, -0.15) is 0 Å². The first kappa shape index (κ1) is 17.1. The molecule has 0 bridgehead atoms. The van der Waals surface area contributed by atoms with Crippen molar-refractivity contribution in [1.29, 1.82) is 0 Å². The molecule has 1 aliphatic carbocycles. The van der Waals surface area contributed by atoms with E-state index in [1.165, 1.54) is 43.5 Å². The Morgan fingerprint density at radius 2 is 1.91 bits per heavy atom. The summed E-state index contributed by atoms with van der Waals surface area (Å²) in [4.78, 5) is 21.8. The highest BCUT2D eigenvalue weighted by atomic mass is 32.1. The molecule has 124 valence electrons. The van der Waals surface area contributed by atoms with E-state index in [2.05, 4.69) is 10.6 Å². The molecule has 1 fully saturated rings. The van der Waals surface area contributed by atoms with Crippen LogP contribution >= 0.6 is 12.2 Å². The third-order valence-corrected chi connectivity index (χ3v) is 3.83. The van der Waals surface area contributed by atoms with Crippen LogP contribution in [-0.2, 0) is 4.79 Å². The number of nitro groups is 1. The zero-order valence-electron chi connectivity index (χ0n) is 12.6. The summed E-state index contributed by atoms with van der Waals surface area (Å²) in [6, 6.07) is 5.87. The monoisotopic (exact) mass is 337 g/mol. The summed E-state index contributed by atoms with van der Waals surface area (Å²) in [5.74, 6) is 0.0218. The summed E-state index contributed by atoms with van der Waals surface area (Å²) in [7, 11) is 0. The molecule has 1 saturated carbocycles. The second kappa shape index (κ2) is 8.42. The van der Waals surface area contributed by atoms with Gasteiger partial charge < -0.3 is 15.4 Å². The Morgan fingerprint density at radius 3 is 2.52 bits per heavy atom. The molecule has 0 aliphatic heterocycles. The lowest BCUT2D eigenvalue weighted by Gasteiger charge is -2.24. The lowest BCUT2D eigenvalue weighted by Crippen LogP contribution is -2.46. The number of rotatable bonds is 5. The summed E-state index contributed by atoms with van der Waals surface area (Å²) in [6.07, 6.45) is 5.74. The van der Waals surface area contributed by atoms with Gasteiger partial charge in [0.05, 0.1) is 4.92 Å². The molecule has 2 rings (SSSR count). The van der Waals surface area contributed by atoms with E-state index in [1.807, 2.05) is 0 Å². The molecule has 0 aromatic heterocycles. The molecule has 7 nitrogen and oxygen atoms in total. The summed E-state index contributed by atoms with van der Waals surface area (Å²) in [5, 5.41) is 16.6. The van der Waals surface area contributed by atoms with E-state index in [1.54, 1.807) is 0 Å². The minimum atomic E-state index is -0.494. The number of nitro benzene ring substituents is 1. The molecule has 0 heterocycles. The lowest BCUT2D eigenvalue weighted by molar-refractivity contribution is -0.384. The first-order valence-electron chi connectivity index (χ1n) is 7.52. The van der Waals surface area contributed by atoms with Gasteiger partial charge in [-0.3, -0.25) is 14.9 Å². The number of amides is 1.